The maximum Gasteiger partial charge on any atom is 0.0905 e. The van der Waals surface area contributed by atoms with E-state index in [0.717, 1.165) is 26.1 Å². The summed E-state index contributed by atoms with van der Waals surface area (Å²) >= 11 is 0. The van der Waals surface area contributed by atoms with Crippen LogP contribution in [0.15, 0.2) is 12.7 Å². The minimum atomic E-state index is 0.632. The lowest BCUT2D eigenvalue weighted by Gasteiger charge is -2.05. The molecule has 0 rings (SSSR count). The van der Waals surface area contributed by atoms with Gasteiger partial charge in [-0.15, -0.1) is 0 Å². The van der Waals surface area contributed by atoms with Crippen LogP contribution in [0.4, 0.5) is 0 Å². The van der Waals surface area contributed by atoms with E-state index < -0.39 is 0 Å². The normalized spacial score (nSPS) is 7.95. The Morgan fingerprint density at radius 2 is 1.48 bits per heavy atom. The van der Waals surface area contributed by atoms with Gasteiger partial charge in [0.05, 0.1) is 12.1 Å². The maximum atomic E-state index is 8.04. The Kier molecular flexibility index (Phi) is 41.2. The van der Waals surface area contributed by atoms with Gasteiger partial charge in [-0.2, -0.15) is 10.5 Å². The summed E-state index contributed by atoms with van der Waals surface area (Å²) in [6, 6.07) is 3.75. The highest BCUT2D eigenvalue weighted by molar-refractivity contribution is 4.93. The fraction of sp³-hybridized carbons (Fsp3) is 0.733. The first-order chi connectivity index (χ1) is 9.87. The molecule has 0 fully saturated rings. The van der Waals surface area contributed by atoms with Gasteiger partial charge in [-0.05, 0) is 61.8 Å². The predicted octanol–water partition coefficient (Wildman–Crippen LogP) is 0.890. The highest BCUT2D eigenvalue weighted by Gasteiger charge is 1.84. The van der Waals surface area contributed by atoms with E-state index in [4.69, 9.17) is 16.3 Å². The molecule has 0 aromatic heterocycles. The average molecular weight is 298 g/mol. The van der Waals surface area contributed by atoms with E-state index in [1.54, 1.807) is 6.07 Å². The molecule has 0 aromatic rings. The van der Waals surface area contributed by atoms with Crippen molar-refractivity contribution in [3.05, 3.63) is 12.7 Å². The van der Waals surface area contributed by atoms with Crippen molar-refractivity contribution in [2.24, 2.45) is 5.73 Å². The second-order valence-electron chi connectivity index (χ2n) is 4.49. The third-order valence-corrected chi connectivity index (χ3v) is 1.57. The number of allylic oxidation sites excluding steroid dienone is 1. The van der Waals surface area contributed by atoms with E-state index >= 15 is 0 Å². The van der Waals surface area contributed by atoms with Crippen molar-refractivity contribution in [2.75, 3.05) is 61.9 Å². The second-order valence-corrected chi connectivity index (χ2v) is 4.49. The lowest BCUT2D eigenvalue weighted by molar-refractivity contribution is 0.403. The zero-order valence-electron chi connectivity index (χ0n) is 14.7. The summed E-state index contributed by atoms with van der Waals surface area (Å²) in [7, 11) is 11.8. The van der Waals surface area contributed by atoms with Gasteiger partial charge in [0.2, 0.25) is 0 Å². The van der Waals surface area contributed by atoms with Gasteiger partial charge in [-0.1, -0.05) is 6.58 Å². The molecule has 0 bridgehead atoms. The molecule has 0 saturated carbocycles. The lowest BCUT2D eigenvalue weighted by atomic mass is 10.4. The Labute approximate surface area is 131 Å². The van der Waals surface area contributed by atoms with Crippen molar-refractivity contribution in [2.45, 2.75) is 12.8 Å². The minimum Gasteiger partial charge on any atom is -0.330 e. The first kappa shape index (κ1) is 27.8. The molecule has 0 heterocycles. The Morgan fingerprint density at radius 1 is 1.10 bits per heavy atom. The summed E-state index contributed by atoms with van der Waals surface area (Å²) in [5, 5.41) is 18.3. The van der Waals surface area contributed by atoms with Gasteiger partial charge in [0.25, 0.3) is 0 Å². The van der Waals surface area contributed by atoms with Crippen LogP contribution in [0.1, 0.15) is 12.8 Å². The van der Waals surface area contributed by atoms with Crippen molar-refractivity contribution in [3.8, 4) is 12.1 Å². The summed E-state index contributed by atoms with van der Waals surface area (Å²) < 4.78 is 0. The molecule has 0 aromatic carbocycles. The van der Waals surface area contributed by atoms with Gasteiger partial charge in [-0.3, -0.25) is 0 Å². The van der Waals surface area contributed by atoms with Crippen LogP contribution in [0.3, 0.4) is 0 Å². The molecular formula is C15H34N6. The van der Waals surface area contributed by atoms with E-state index in [-0.39, 0.29) is 0 Å². The van der Waals surface area contributed by atoms with Gasteiger partial charge < -0.3 is 20.9 Å². The number of nitriles is 2. The number of rotatable bonds is 5. The van der Waals surface area contributed by atoms with E-state index in [1.165, 1.54) is 6.08 Å². The van der Waals surface area contributed by atoms with Crippen LogP contribution >= 0.6 is 0 Å². The van der Waals surface area contributed by atoms with E-state index in [1.807, 2.05) is 33.1 Å². The highest BCUT2D eigenvalue weighted by atomic mass is 15.0. The molecule has 0 radical (unpaired) electrons. The molecule has 3 N–H and O–H groups in total. The molecule has 6 nitrogen and oxygen atoms in total. The fourth-order valence-electron chi connectivity index (χ4n) is 0.681. The first-order valence-electron chi connectivity index (χ1n) is 6.83. The molecule has 0 unspecified atom stereocenters. The summed E-state index contributed by atoms with van der Waals surface area (Å²) in [6.45, 7) is 5.90. The van der Waals surface area contributed by atoms with E-state index in [9.17, 15) is 0 Å². The van der Waals surface area contributed by atoms with Gasteiger partial charge >= 0.3 is 0 Å². The number of nitrogens with two attached hydrogens (primary N) is 1. The largest absolute Gasteiger partial charge is 0.330 e. The van der Waals surface area contributed by atoms with Crippen molar-refractivity contribution in [1.29, 1.82) is 10.5 Å². The molecular weight excluding hydrogens is 264 g/mol. The van der Waals surface area contributed by atoms with Crippen LogP contribution in [0, 0.1) is 22.7 Å². The third-order valence-electron chi connectivity index (χ3n) is 1.57. The van der Waals surface area contributed by atoms with Gasteiger partial charge in [0.1, 0.15) is 0 Å². The van der Waals surface area contributed by atoms with Crippen molar-refractivity contribution < 1.29 is 0 Å². The van der Waals surface area contributed by atoms with Crippen LogP contribution < -0.4 is 11.1 Å². The number of nitrogens with one attached hydrogen (secondary N) is 1. The van der Waals surface area contributed by atoms with Gasteiger partial charge in [0, 0.05) is 19.0 Å². The first-order valence-corrected chi connectivity index (χ1v) is 6.83. The molecule has 0 atom stereocenters. The standard InChI is InChI=1S/C5H14N2.C5H10N2.C3H3N.C2H7N/c2*1-7(2)5-3-4-6;1-2-3-4;1-3-2/h3-6H2,1-2H3;3,5H2,1-2H3;2H,1H2;3H,1-2H3. The van der Waals surface area contributed by atoms with Crippen LogP contribution in [0.25, 0.3) is 0 Å². The minimum absolute atomic E-state index is 0.632. The maximum absolute atomic E-state index is 8.04. The van der Waals surface area contributed by atoms with Gasteiger partial charge in [0.15, 0.2) is 0 Å². The quantitative estimate of drug-likeness (QED) is 0.732. The molecule has 6 heteroatoms. The van der Waals surface area contributed by atoms with Crippen LogP contribution in [-0.2, 0) is 0 Å². The number of hydrogen-bond donors (Lipinski definition) is 2. The monoisotopic (exact) mass is 298 g/mol. The topological polar surface area (TPSA) is 92.1 Å². The number of nitrogens with zero attached hydrogens (tertiary/aromatic N) is 4. The molecule has 0 saturated heterocycles. The molecule has 0 spiro atoms. The van der Waals surface area contributed by atoms with Crippen molar-refractivity contribution in [1.82, 2.24) is 15.1 Å². The zero-order valence-corrected chi connectivity index (χ0v) is 14.7. The van der Waals surface area contributed by atoms with Crippen LogP contribution in [0.5, 0.6) is 0 Å². The van der Waals surface area contributed by atoms with E-state index in [2.05, 4.69) is 37.0 Å². The summed E-state index contributed by atoms with van der Waals surface area (Å²) in [5.74, 6) is 0. The smallest absolute Gasteiger partial charge is 0.0905 e. The molecule has 0 aliphatic rings. The van der Waals surface area contributed by atoms with E-state index in [0.29, 0.717) is 6.42 Å². The Bertz CT molecular complexity index is 250. The second kappa shape index (κ2) is 31.1. The third kappa shape index (κ3) is 89.1. The predicted molar refractivity (Wildman–Crippen MR) is 91.8 cm³/mol. The Morgan fingerprint density at radius 3 is 1.57 bits per heavy atom. The number of hydrogen-bond acceptors (Lipinski definition) is 6. The van der Waals surface area contributed by atoms with Crippen molar-refractivity contribution in [3.63, 3.8) is 0 Å². The molecule has 0 amide bonds. The molecule has 0 aliphatic carbocycles. The molecule has 21 heavy (non-hydrogen) atoms. The Hall–Kier alpha value is -1.44. The summed E-state index contributed by atoms with van der Waals surface area (Å²) in [6.07, 6.45) is 2.92. The van der Waals surface area contributed by atoms with Crippen molar-refractivity contribution >= 4 is 0 Å². The lowest BCUT2D eigenvalue weighted by Crippen LogP contribution is -2.16. The zero-order chi connectivity index (χ0) is 17.5. The average Bonchev–Trinajstić information content (AvgIpc) is 2.44. The highest BCUT2D eigenvalue weighted by Crippen LogP contribution is 1.77. The molecule has 124 valence electrons. The Balaban J connectivity index is -0.0000000973. The van der Waals surface area contributed by atoms with Gasteiger partial charge in [-0.25, -0.2) is 0 Å². The van der Waals surface area contributed by atoms with Crippen LogP contribution in [0.2, 0.25) is 0 Å². The SMILES string of the molecule is C=CC#N.CN(C)CCC#N.CN(C)CCCN.CNC. The summed E-state index contributed by atoms with van der Waals surface area (Å²) in [5.41, 5.74) is 5.25. The molecule has 0 aliphatic heterocycles. The van der Waals surface area contributed by atoms with Crippen LogP contribution in [-0.4, -0.2) is 71.7 Å². The fourth-order valence-corrected chi connectivity index (χ4v) is 0.681. The summed E-state index contributed by atoms with van der Waals surface area (Å²) in [4.78, 5) is 4.12.